The highest BCUT2D eigenvalue weighted by Crippen LogP contribution is 2.29. The molecule has 0 bridgehead atoms. The highest BCUT2D eigenvalue weighted by molar-refractivity contribution is 5.83. The maximum Gasteiger partial charge on any atom is 0.343 e. The van der Waals surface area contributed by atoms with E-state index < -0.39 is 6.04 Å². The first-order valence-corrected chi connectivity index (χ1v) is 9.85. The molecule has 4 rings (SSSR count). The number of aromatic amines is 1. The van der Waals surface area contributed by atoms with Gasteiger partial charge in [0.05, 0.1) is 6.17 Å². The molecule has 0 radical (unpaired) electrons. The number of carbonyl (C=O) groups excluding carboxylic acids is 1. The average molecular weight is 385 g/mol. The molecule has 4 atom stereocenters. The molecule has 4 unspecified atom stereocenters. The zero-order chi connectivity index (χ0) is 19.7. The van der Waals surface area contributed by atoms with Gasteiger partial charge in [0.15, 0.2) is 0 Å². The number of benzene rings is 1. The van der Waals surface area contributed by atoms with Gasteiger partial charge in [0.1, 0.15) is 11.9 Å². The number of aromatic nitrogens is 3. The smallest absolute Gasteiger partial charge is 0.341 e. The van der Waals surface area contributed by atoms with Crippen LogP contribution in [0.25, 0.3) is 0 Å². The van der Waals surface area contributed by atoms with E-state index in [2.05, 4.69) is 21.0 Å². The molecule has 0 aliphatic carbocycles. The topological polar surface area (TPSA) is 121 Å². The maximum atomic E-state index is 13.3. The van der Waals surface area contributed by atoms with Gasteiger partial charge >= 0.3 is 5.69 Å². The van der Waals surface area contributed by atoms with Crippen molar-refractivity contribution in [3.05, 3.63) is 52.2 Å². The summed E-state index contributed by atoms with van der Waals surface area (Å²) >= 11 is 0. The van der Waals surface area contributed by atoms with Crippen molar-refractivity contribution in [2.24, 2.45) is 5.73 Å². The van der Waals surface area contributed by atoms with E-state index in [1.54, 1.807) is 4.57 Å². The lowest BCUT2D eigenvalue weighted by Crippen LogP contribution is -2.50. The Morgan fingerprint density at radius 1 is 1.29 bits per heavy atom. The van der Waals surface area contributed by atoms with E-state index in [-0.39, 0.29) is 29.6 Å². The summed E-state index contributed by atoms with van der Waals surface area (Å²) in [6.07, 6.45) is 1.45. The van der Waals surface area contributed by atoms with Gasteiger partial charge in [0.2, 0.25) is 5.91 Å². The summed E-state index contributed by atoms with van der Waals surface area (Å²) in [6, 6.07) is 9.45. The zero-order valence-corrected chi connectivity index (χ0v) is 16.0. The van der Waals surface area contributed by atoms with Crippen LogP contribution in [0.2, 0.25) is 0 Å². The molecule has 0 saturated carbocycles. The lowest BCUT2D eigenvalue weighted by Gasteiger charge is -2.35. The third-order valence-corrected chi connectivity index (χ3v) is 5.80. The summed E-state index contributed by atoms with van der Waals surface area (Å²) in [5.41, 5.74) is 13.2. The van der Waals surface area contributed by atoms with E-state index in [4.69, 9.17) is 5.73 Å². The summed E-state index contributed by atoms with van der Waals surface area (Å²) in [5.74, 6) is 0.668. The lowest BCUT2D eigenvalue weighted by atomic mass is 9.89. The molecule has 5 N–H and O–H groups in total. The highest BCUT2D eigenvalue weighted by atomic mass is 16.2. The van der Waals surface area contributed by atoms with Crippen LogP contribution in [-0.2, 0) is 11.3 Å². The number of H-pyrrole nitrogens is 1. The van der Waals surface area contributed by atoms with Gasteiger partial charge in [-0.3, -0.25) is 9.36 Å². The van der Waals surface area contributed by atoms with Gasteiger partial charge in [-0.05, 0) is 25.3 Å². The Hall–Kier alpha value is -2.49. The van der Waals surface area contributed by atoms with Crippen LogP contribution in [0, 0.1) is 0 Å². The first kappa shape index (κ1) is 18.9. The minimum atomic E-state index is -0.427. The summed E-state index contributed by atoms with van der Waals surface area (Å²) in [6.45, 7) is 3.74. The molecule has 2 aliphatic rings. The van der Waals surface area contributed by atoms with Crippen LogP contribution in [0.1, 0.15) is 43.0 Å². The second-order valence-corrected chi connectivity index (χ2v) is 7.48. The normalized spacial score (nSPS) is 27.9. The number of nitrogens with zero attached hydrogens (tertiary/aromatic N) is 3. The van der Waals surface area contributed by atoms with Crippen molar-refractivity contribution in [2.45, 2.75) is 50.4 Å². The molecule has 2 saturated heterocycles. The van der Waals surface area contributed by atoms with Gasteiger partial charge in [-0.1, -0.05) is 30.3 Å². The number of likely N-dealkylation sites (tertiary alicyclic amines) is 1. The Morgan fingerprint density at radius 3 is 2.82 bits per heavy atom. The Labute approximate surface area is 163 Å². The number of amides is 1. The molecule has 2 aliphatic heterocycles. The summed E-state index contributed by atoms with van der Waals surface area (Å²) in [5, 5.41) is 6.75. The van der Waals surface area contributed by atoms with Crippen LogP contribution in [-0.4, -0.2) is 50.9 Å². The number of carbonyl (C=O) groups is 1. The molecule has 28 heavy (non-hydrogen) atoms. The monoisotopic (exact) mass is 385 g/mol. The van der Waals surface area contributed by atoms with Crippen LogP contribution >= 0.6 is 0 Å². The number of hydrogen-bond donors (Lipinski definition) is 4. The Bertz CT molecular complexity index is 878. The van der Waals surface area contributed by atoms with E-state index in [0.29, 0.717) is 19.6 Å². The van der Waals surface area contributed by atoms with E-state index >= 15 is 0 Å². The second kappa shape index (κ2) is 7.86. The summed E-state index contributed by atoms with van der Waals surface area (Å²) < 4.78 is 1.65. The van der Waals surface area contributed by atoms with Crippen molar-refractivity contribution in [1.29, 1.82) is 0 Å². The molecule has 150 valence electrons. The third-order valence-electron chi connectivity index (χ3n) is 5.80. The van der Waals surface area contributed by atoms with E-state index in [9.17, 15) is 9.59 Å². The van der Waals surface area contributed by atoms with Crippen LogP contribution in [0.5, 0.6) is 0 Å². The molecule has 3 heterocycles. The third kappa shape index (κ3) is 3.36. The fourth-order valence-corrected chi connectivity index (χ4v) is 4.40. The van der Waals surface area contributed by atoms with Crippen molar-refractivity contribution >= 4 is 5.91 Å². The number of nitrogens with one attached hydrogen (secondary N) is 3. The van der Waals surface area contributed by atoms with E-state index in [1.807, 2.05) is 42.2 Å². The molecule has 2 aromatic rings. The van der Waals surface area contributed by atoms with Crippen molar-refractivity contribution in [2.75, 3.05) is 13.1 Å². The van der Waals surface area contributed by atoms with Crippen LogP contribution < -0.4 is 22.3 Å². The molecule has 9 heteroatoms. The largest absolute Gasteiger partial charge is 0.343 e. The molecule has 0 spiro atoms. The van der Waals surface area contributed by atoms with Crippen molar-refractivity contribution in [3.8, 4) is 0 Å². The van der Waals surface area contributed by atoms with Gasteiger partial charge in [0.25, 0.3) is 0 Å². The Kier molecular flexibility index (Phi) is 5.29. The first-order valence-electron chi connectivity index (χ1n) is 9.85. The maximum absolute atomic E-state index is 13.3. The SMILES string of the molecule is CCn1c(C2CCCN(C(=O)C3NNC(N)C3c3ccccc3)C2)n[nH]c1=O. The van der Waals surface area contributed by atoms with Crippen molar-refractivity contribution in [3.63, 3.8) is 0 Å². The molecule has 1 aromatic carbocycles. The van der Waals surface area contributed by atoms with Gasteiger partial charge < -0.3 is 10.6 Å². The standard InChI is InChI=1S/C19H27N7O2/c1-2-26-17(23-24-19(26)28)13-9-6-10-25(11-13)18(27)15-14(16(20)22-21-15)12-7-4-3-5-8-12/h3-5,7-8,13-16,21-22H,2,6,9-11,20H2,1H3,(H,24,28). The van der Waals surface area contributed by atoms with Gasteiger partial charge in [-0.25, -0.2) is 20.7 Å². The predicted octanol–water partition coefficient (Wildman–Crippen LogP) is -0.158. The molecular weight excluding hydrogens is 358 g/mol. The first-order chi connectivity index (χ1) is 13.6. The van der Waals surface area contributed by atoms with Crippen LogP contribution in [0.3, 0.4) is 0 Å². The van der Waals surface area contributed by atoms with Gasteiger partial charge in [-0.15, -0.1) is 0 Å². The molecular formula is C19H27N7O2. The van der Waals surface area contributed by atoms with E-state index in [1.165, 1.54) is 0 Å². The summed E-state index contributed by atoms with van der Waals surface area (Å²) in [7, 11) is 0. The molecule has 1 aromatic heterocycles. The number of nitrogens with two attached hydrogens (primary N) is 1. The van der Waals surface area contributed by atoms with Crippen LogP contribution in [0.4, 0.5) is 0 Å². The Morgan fingerprint density at radius 2 is 2.07 bits per heavy atom. The lowest BCUT2D eigenvalue weighted by molar-refractivity contribution is -0.134. The van der Waals surface area contributed by atoms with Gasteiger partial charge in [-0.2, -0.15) is 5.10 Å². The van der Waals surface area contributed by atoms with Crippen molar-refractivity contribution in [1.82, 2.24) is 30.5 Å². The molecule has 1 amide bonds. The summed E-state index contributed by atoms with van der Waals surface area (Å²) in [4.78, 5) is 27.1. The minimum absolute atomic E-state index is 0.0277. The fraction of sp³-hybridized carbons (Fsp3) is 0.526. The second-order valence-electron chi connectivity index (χ2n) is 7.48. The van der Waals surface area contributed by atoms with Gasteiger partial charge in [0, 0.05) is 31.5 Å². The quantitative estimate of drug-likeness (QED) is 0.580. The number of hydrogen-bond acceptors (Lipinski definition) is 6. The predicted molar refractivity (Wildman–Crippen MR) is 104 cm³/mol. The zero-order valence-electron chi connectivity index (χ0n) is 16.0. The van der Waals surface area contributed by atoms with Crippen LogP contribution in [0.15, 0.2) is 35.1 Å². The number of hydrazine groups is 1. The minimum Gasteiger partial charge on any atom is -0.341 e. The molecule has 2 fully saturated rings. The van der Waals surface area contributed by atoms with E-state index in [0.717, 1.165) is 24.2 Å². The number of piperidine rings is 1. The Balaban J connectivity index is 1.53. The molecule has 9 nitrogen and oxygen atoms in total. The average Bonchev–Trinajstić information content (AvgIpc) is 3.30. The fourth-order valence-electron chi connectivity index (χ4n) is 4.40. The number of rotatable bonds is 4. The van der Waals surface area contributed by atoms with Crippen molar-refractivity contribution < 1.29 is 4.79 Å². The highest BCUT2D eigenvalue weighted by Gasteiger charge is 2.42.